The number of halogens is 1. The van der Waals surface area contributed by atoms with Crippen molar-refractivity contribution in [3.8, 4) is 0 Å². The van der Waals surface area contributed by atoms with Crippen molar-refractivity contribution in [1.29, 1.82) is 0 Å². The summed E-state index contributed by atoms with van der Waals surface area (Å²) in [5, 5.41) is 9.45. The Kier molecular flexibility index (Phi) is 3.43. The number of carboxylic acid groups (broad SMARTS) is 1. The van der Waals surface area contributed by atoms with Gasteiger partial charge in [0.05, 0.1) is 17.0 Å². The molecule has 1 aromatic heterocycles. The lowest BCUT2D eigenvalue weighted by molar-refractivity contribution is -0.142. The lowest BCUT2D eigenvalue weighted by Gasteiger charge is -2.16. The first-order valence-electron chi connectivity index (χ1n) is 7.39. The Morgan fingerprint density at radius 3 is 2.90 bits per heavy atom. The number of carboxylic acids is 1. The highest BCUT2D eigenvalue weighted by Gasteiger charge is 2.40. The van der Waals surface area contributed by atoms with E-state index in [-0.39, 0.29) is 11.7 Å². The number of aromatic nitrogens is 2. The monoisotopic (exact) mass is 290 g/mol. The van der Waals surface area contributed by atoms with E-state index in [1.54, 1.807) is 6.07 Å². The smallest absolute Gasteiger partial charge is 0.307 e. The lowest BCUT2D eigenvalue weighted by Crippen LogP contribution is -2.20. The Labute approximate surface area is 122 Å². The van der Waals surface area contributed by atoms with Crippen LogP contribution >= 0.6 is 0 Å². The number of carbonyl (C=O) groups is 1. The molecule has 0 bridgehead atoms. The number of imidazole rings is 1. The summed E-state index contributed by atoms with van der Waals surface area (Å²) in [7, 11) is 0. The van der Waals surface area contributed by atoms with Crippen LogP contribution in [0.15, 0.2) is 18.2 Å². The van der Waals surface area contributed by atoms with Crippen molar-refractivity contribution in [2.45, 2.75) is 39.2 Å². The molecule has 3 rings (SSSR count). The fraction of sp³-hybridized carbons (Fsp3) is 0.500. The van der Waals surface area contributed by atoms with Gasteiger partial charge in [-0.25, -0.2) is 9.37 Å². The van der Waals surface area contributed by atoms with E-state index in [2.05, 4.69) is 11.9 Å². The number of hydrogen-bond acceptors (Lipinski definition) is 2. The third-order valence-electron chi connectivity index (χ3n) is 4.50. The molecule has 3 unspecified atom stereocenters. The molecule has 0 amide bonds. The van der Waals surface area contributed by atoms with Crippen LogP contribution in [0.5, 0.6) is 0 Å². The summed E-state index contributed by atoms with van der Waals surface area (Å²) >= 11 is 0. The normalized spacial score (nSPS) is 25.6. The molecule has 1 aliphatic carbocycles. The SMILES string of the molecule is CCn1c(C2CC(C)CC2C(=O)O)nc2ccc(F)cc21. The largest absolute Gasteiger partial charge is 0.481 e. The molecular formula is C16H19FN2O2. The zero-order valence-electron chi connectivity index (χ0n) is 12.2. The summed E-state index contributed by atoms with van der Waals surface area (Å²) in [5.74, 6) is -0.379. The quantitative estimate of drug-likeness (QED) is 0.942. The Balaban J connectivity index is 2.13. The minimum Gasteiger partial charge on any atom is -0.481 e. The average molecular weight is 290 g/mol. The summed E-state index contributed by atoms with van der Waals surface area (Å²) in [6, 6.07) is 4.53. The van der Waals surface area contributed by atoms with Gasteiger partial charge >= 0.3 is 5.97 Å². The zero-order valence-corrected chi connectivity index (χ0v) is 12.2. The number of aryl methyl sites for hydroxylation is 1. The molecule has 2 aromatic rings. The average Bonchev–Trinajstić information content (AvgIpc) is 2.98. The van der Waals surface area contributed by atoms with Crippen molar-refractivity contribution in [1.82, 2.24) is 9.55 Å². The van der Waals surface area contributed by atoms with Gasteiger partial charge in [0, 0.05) is 12.5 Å². The second-order valence-electron chi connectivity index (χ2n) is 5.98. The number of rotatable bonds is 3. The van der Waals surface area contributed by atoms with Crippen LogP contribution in [-0.4, -0.2) is 20.6 Å². The summed E-state index contributed by atoms with van der Waals surface area (Å²) in [6.45, 7) is 4.71. The molecule has 1 heterocycles. The molecule has 0 radical (unpaired) electrons. The summed E-state index contributed by atoms with van der Waals surface area (Å²) < 4.78 is 15.4. The summed E-state index contributed by atoms with van der Waals surface area (Å²) in [4.78, 5) is 16.1. The van der Waals surface area contributed by atoms with Gasteiger partial charge in [-0.2, -0.15) is 0 Å². The fourth-order valence-electron chi connectivity index (χ4n) is 3.58. The van der Waals surface area contributed by atoms with Crippen molar-refractivity contribution < 1.29 is 14.3 Å². The lowest BCUT2D eigenvalue weighted by atomic mass is 9.95. The van der Waals surface area contributed by atoms with Gasteiger partial charge in [-0.15, -0.1) is 0 Å². The van der Waals surface area contributed by atoms with Crippen molar-refractivity contribution in [3.63, 3.8) is 0 Å². The molecule has 1 N–H and O–H groups in total. The number of aliphatic carboxylic acids is 1. The Morgan fingerprint density at radius 2 is 2.24 bits per heavy atom. The number of hydrogen-bond donors (Lipinski definition) is 1. The number of nitrogens with zero attached hydrogens (tertiary/aromatic N) is 2. The molecule has 1 saturated carbocycles. The Bertz CT molecular complexity index is 695. The molecule has 21 heavy (non-hydrogen) atoms. The van der Waals surface area contributed by atoms with Crippen LogP contribution in [0.3, 0.4) is 0 Å². The maximum absolute atomic E-state index is 13.5. The molecule has 112 valence electrons. The second kappa shape index (κ2) is 5.13. The third-order valence-corrected chi connectivity index (χ3v) is 4.50. The zero-order chi connectivity index (χ0) is 15.1. The van der Waals surface area contributed by atoms with Gasteiger partial charge in [0.25, 0.3) is 0 Å². The first-order valence-corrected chi connectivity index (χ1v) is 7.39. The first kappa shape index (κ1) is 14.0. The standard InChI is InChI=1S/C16H19FN2O2/c1-3-19-14-8-10(17)4-5-13(14)18-15(19)11-6-9(2)7-12(11)16(20)21/h4-5,8-9,11-12H,3,6-7H2,1-2H3,(H,20,21). The predicted molar refractivity (Wildman–Crippen MR) is 77.6 cm³/mol. The summed E-state index contributed by atoms with van der Waals surface area (Å²) in [6.07, 6.45) is 1.50. The molecule has 5 heteroatoms. The van der Waals surface area contributed by atoms with Gasteiger partial charge in [0.2, 0.25) is 0 Å². The van der Waals surface area contributed by atoms with Crippen LogP contribution in [0.4, 0.5) is 4.39 Å². The molecular weight excluding hydrogens is 271 g/mol. The van der Waals surface area contributed by atoms with Crippen LogP contribution in [-0.2, 0) is 11.3 Å². The van der Waals surface area contributed by atoms with Crippen molar-refractivity contribution in [2.24, 2.45) is 11.8 Å². The maximum atomic E-state index is 13.5. The Hall–Kier alpha value is -1.91. The van der Waals surface area contributed by atoms with Crippen LogP contribution in [0, 0.1) is 17.7 Å². The van der Waals surface area contributed by atoms with Crippen molar-refractivity contribution in [2.75, 3.05) is 0 Å². The minimum absolute atomic E-state index is 0.0899. The second-order valence-corrected chi connectivity index (χ2v) is 5.98. The molecule has 0 aliphatic heterocycles. The highest BCUT2D eigenvalue weighted by atomic mass is 19.1. The van der Waals surface area contributed by atoms with Crippen molar-refractivity contribution in [3.05, 3.63) is 29.8 Å². The van der Waals surface area contributed by atoms with Gasteiger partial charge in [-0.05, 0) is 43.9 Å². The molecule has 1 fully saturated rings. The molecule has 0 spiro atoms. The van der Waals surface area contributed by atoms with Gasteiger partial charge < -0.3 is 9.67 Å². The fourth-order valence-corrected chi connectivity index (χ4v) is 3.58. The molecule has 4 nitrogen and oxygen atoms in total. The van der Waals surface area contributed by atoms with E-state index in [1.165, 1.54) is 12.1 Å². The molecule has 3 atom stereocenters. The predicted octanol–water partition coefficient (Wildman–Crippen LogP) is 3.41. The highest BCUT2D eigenvalue weighted by molar-refractivity contribution is 5.77. The van der Waals surface area contributed by atoms with E-state index in [1.807, 2.05) is 11.5 Å². The van der Waals surface area contributed by atoms with E-state index in [0.717, 1.165) is 23.3 Å². The van der Waals surface area contributed by atoms with Crippen LogP contribution in [0.25, 0.3) is 11.0 Å². The number of fused-ring (bicyclic) bond motifs is 1. The third kappa shape index (κ3) is 2.30. The van der Waals surface area contributed by atoms with Crippen LogP contribution in [0.2, 0.25) is 0 Å². The van der Waals surface area contributed by atoms with E-state index >= 15 is 0 Å². The molecule has 1 aromatic carbocycles. The summed E-state index contributed by atoms with van der Waals surface area (Å²) in [5.41, 5.74) is 1.48. The van der Waals surface area contributed by atoms with E-state index in [4.69, 9.17) is 0 Å². The Morgan fingerprint density at radius 1 is 1.48 bits per heavy atom. The van der Waals surface area contributed by atoms with Gasteiger partial charge in [-0.1, -0.05) is 6.92 Å². The van der Waals surface area contributed by atoms with E-state index in [9.17, 15) is 14.3 Å². The van der Waals surface area contributed by atoms with Gasteiger partial charge in [0.15, 0.2) is 0 Å². The maximum Gasteiger partial charge on any atom is 0.307 e. The van der Waals surface area contributed by atoms with Crippen molar-refractivity contribution >= 4 is 17.0 Å². The first-order chi connectivity index (χ1) is 10.0. The number of benzene rings is 1. The molecule has 0 saturated heterocycles. The van der Waals surface area contributed by atoms with Gasteiger partial charge in [0.1, 0.15) is 11.6 Å². The highest BCUT2D eigenvalue weighted by Crippen LogP contribution is 2.43. The van der Waals surface area contributed by atoms with E-state index < -0.39 is 11.9 Å². The van der Waals surface area contributed by atoms with E-state index in [0.29, 0.717) is 18.9 Å². The van der Waals surface area contributed by atoms with Crippen LogP contribution in [0.1, 0.15) is 38.4 Å². The molecule has 1 aliphatic rings. The van der Waals surface area contributed by atoms with Gasteiger partial charge in [-0.3, -0.25) is 4.79 Å². The topological polar surface area (TPSA) is 55.1 Å². The minimum atomic E-state index is -0.759. The van der Waals surface area contributed by atoms with Crippen LogP contribution < -0.4 is 0 Å².